The summed E-state index contributed by atoms with van der Waals surface area (Å²) in [5.41, 5.74) is 2.28. The normalized spacial score (nSPS) is 18.9. The van der Waals surface area contributed by atoms with Crippen molar-refractivity contribution in [3.63, 3.8) is 0 Å². The monoisotopic (exact) mass is 320 g/mol. The van der Waals surface area contributed by atoms with Crippen molar-refractivity contribution in [3.05, 3.63) is 29.3 Å². The lowest BCUT2D eigenvalue weighted by molar-refractivity contribution is -0.126. The van der Waals surface area contributed by atoms with Crippen LogP contribution in [0.2, 0.25) is 0 Å². The van der Waals surface area contributed by atoms with E-state index >= 15 is 0 Å². The Hall–Kier alpha value is -1.59. The van der Waals surface area contributed by atoms with Crippen LogP contribution in [0.5, 0.6) is 5.75 Å². The second-order valence-electron chi connectivity index (χ2n) is 6.28. The number of nitrogens with zero attached hydrogens (tertiary/aromatic N) is 1. The highest BCUT2D eigenvalue weighted by atomic mass is 16.5. The van der Waals surface area contributed by atoms with Crippen molar-refractivity contribution in [2.24, 2.45) is 0 Å². The third kappa shape index (κ3) is 4.94. The number of rotatable bonds is 7. The van der Waals surface area contributed by atoms with E-state index < -0.39 is 0 Å². The molecule has 0 saturated carbocycles. The van der Waals surface area contributed by atoms with Gasteiger partial charge >= 0.3 is 0 Å². The summed E-state index contributed by atoms with van der Waals surface area (Å²) in [4.78, 5) is 14.3. The number of ether oxygens (including phenoxy) is 2. The van der Waals surface area contributed by atoms with Gasteiger partial charge in [-0.25, -0.2) is 0 Å². The van der Waals surface area contributed by atoms with Crippen LogP contribution in [0.1, 0.15) is 30.9 Å². The minimum atomic E-state index is -0.182. The number of amides is 1. The van der Waals surface area contributed by atoms with Crippen molar-refractivity contribution in [2.75, 3.05) is 27.3 Å². The highest BCUT2D eigenvalue weighted by Crippen LogP contribution is 2.19. The smallest absolute Gasteiger partial charge is 0.237 e. The Balaban J connectivity index is 1.84. The number of aryl methyl sites for hydroxylation is 1. The van der Waals surface area contributed by atoms with Gasteiger partial charge in [-0.05, 0) is 50.9 Å². The van der Waals surface area contributed by atoms with E-state index in [9.17, 15) is 4.79 Å². The summed E-state index contributed by atoms with van der Waals surface area (Å²) in [5, 5.41) is 3.00. The maximum Gasteiger partial charge on any atom is 0.237 e. The number of carbonyl (C=O) groups excluding carboxylic acids is 1. The Labute approximate surface area is 139 Å². The second kappa shape index (κ2) is 8.31. The summed E-state index contributed by atoms with van der Waals surface area (Å²) in [6, 6.07) is 5.94. The van der Waals surface area contributed by atoms with Crippen molar-refractivity contribution in [2.45, 2.75) is 45.4 Å². The topological polar surface area (TPSA) is 50.8 Å². The SMILES string of the molecule is COc1ccc(CN(C)[C@@H](C)C(=O)NC[C@H]2CCCO2)cc1C. The van der Waals surface area contributed by atoms with Crippen molar-refractivity contribution in [3.8, 4) is 5.75 Å². The van der Waals surface area contributed by atoms with E-state index in [1.807, 2.05) is 37.9 Å². The number of likely N-dealkylation sites (N-methyl/N-ethyl adjacent to an activating group) is 1. The number of nitrogens with one attached hydrogen (secondary N) is 1. The maximum atomic E-state index is 12.3. The molecule has 23 heavy (non-hydrogen) atoms. The second-order valence-corrected chi connectivity index (χ2v) is 6.28. The van der Waals surface area contributed by atoms with Crippen molar-refractivity contribution in [1.82, 2.24) is 10.2 Å². The number of hydrogen-bond donors (Lipinski definition) is 1. The molecule has 5 nitrogen and oxygen atoms in total. The van der Waals surface area contributed by atoms with Crippen molar-refractivity contribution in [1.29, 1.82) is 0 Å². The molecule has 2 atom stereocenters. The first-order valence-corrected chi connectivity index (χ1v) is 8.24. The predicted octanol–water partition coefficient (Wildman–Crippen LogP) is 2.12. The molecule has 1 aliphatic heterocycles. The van der Waals surface area contributed by atoms with Gasteiger partial charge in [-0.1, -0.05) is 12.1 Å². The van der Waals surface area contributed by atoms with E-state index in [4.69, 9.17) is 9.47 Å². The summed E-state index contributed by atoms with van der Waals surface area (Å²) in [6.45, 7) is 6.10. The molecule has 1 aliphatic rings. The van der Waals surface area contributed by atoms with Gasteiger partial charge < -0.3 is 14.8 Å². The molecular weight excluding hydrogens is 292 g/mol. The van der Waals surface area contributed by atoms with Crippen LogP contribution in [0.25, 0.3) is 0 Å². The highest BCUT2D eigenvalue weighted by molar-refractivity contribution is 5.81. The molecule has 1 aromatic carbocycles. The van der Waals surface area contributed by atoms with Gasteiger partial charge in [0.25, 0.3) is 0 Å². The minimum Gasteiger partial charge on any atom is -0.496 e. The molecule has 128 valence electrons. The average Bonchev–Trinajstić information content (AvgIpc) is 3.05. The first kappa shape index (κ1) is 17.8. The van der Waals surface area contributed by atoms with E-state index in [1.54, 1.807) is 7.11 Å². The van der Waals surface area contributed by atoms with Crippen molar-refractivity contribution < 1.29 is 14.3 Å². The number of methoxy groups -OCH3 is 1. The van der Waals surface area contributed by atoms with E-state index in [-0.39, 0.29) is 18.1 Å². The average molecular weight is 320 g/mol. The Morgan fingerprint density at radius 2 is 2.30 bits per heavy atom. The Morgan fingerprint density at radius 3 is 2.91 bits per heavy atom. The molecule has 1 amide bonds. The van der Waals surface area contributed by atoms with E-state index in [2.05, 4.69) is 11.4 Å². The third-order valence-electron chi connectivity index (χ3n) is 4.46. The van der Waals surface area contributed by atoms with Crippen LogP contribution in [0.3, 0.4) is 0 Å². The summed E-state index contributed by atoms with van der Waals surface area (Å²) in [6.07, 6.45) is 2.31. The van der Waals surface area contributed by atoms with Gasteiger partial charge in [-0.15, -0.1) is 0 Å². The molecule has 1 fully saturated rings. The van der Waals surface area contributed by atoms with Gasteiger partial charge in [0.2, 0.25) is 5.91 Å². The molecule has 0 aliphatic carbocycles. The van der Waals surface area contributed by atoms with Gasteiger partial charge in [0, 0.05) is 19.7 Å². The quantitative estimate of drug-likeness (QED) is 0.836. The molecular formula is C18H28N2O3. The zero-order valence-electron chi connectivity index (χ0n) is 14.6. The Kier molecular flexibility index (Phi) is 6.42. The maximum absolute atomic E-state index is 12.3. The summed E-state index contributed by atoms with van der Waals surface area (Å²) in [7, 11) is 3.64. The lowest BCUT2D eigenvalue weighted by Gasteiger charge is -2.24. The molecule has 1 aromatic rings. The number of carbonyl (C=O) groups is 1. The van der Waals surface area contributed by atoms with Crippen LogP contribution in [0.4, 0.5) is 0 Å². The first-order chi connectivity index (χ1) is 11.0. The Bertz CT molecular complexity index is 527. The minimum absolute atomic E-state index is 0.0493. The van der Waals surface area contributed by atoms with Gasteiger partial charge in [0.15, 0.2) is 0 Å². The predicted molar refractivity (Wildman–Crippen MR) is 90.6 cm³/mol. The van der Waals surface area contributed by atoms with E-state index in [0.29, 0.717) is 6.54 Å². The molecule has 0 unspecified atom stereocenters. The van der Waals surface area contributed by atoms with Crippen LogP contribution < -0.4 is 10.1 Å². The molecule has 0 bridgehead atoms. The molecule has 0 spiro atoms. The molecule has 1 saturated heterocycles. The lowest BCUT2D eigenvalue weighted by Crippen LogP contribution is -2.45. The van der Waals surface area contributed by atoms with Gasteiger partial charge in [0.05, 0.1) is 19.3 Å². The summed E-state index contributed by atoms with van der Waals surface area (Å²) >= 11 is 0. The van der Waals surface area contributed by atoms with E-state index in [0.717, 1.165) is 37.3 Å². The standard InChI is InChI=1S/C18H28N2O3/c1-13-10-15(7-8-17(13)22-4)12-20(3)14(2)18(21)19-11-16-6-5-9-23-16/h7-8,10,14,16H,5-6,9,11-12H2,1-4H3,(H,19,21)/t14-,16+/m0/s1. The third-order valence-corrected chi connectivity index (χ3v) is 4.46. The molecule has 1 heterocycles. The molecule has 1 N–H and O–H groups in total. The zero-order chi connectivity index (χ0) is 16.8. The lowest BCUT2D eigenvalue weighted by atomic mass is 10.1. The van der Waals surface area contributed by atoms with Crippen molar-refractivity contribution >= 4 is 5.91 Å². The molecule has 5 heteroatoms. The first-order valence-electron chi connectivity index (χ1n) is 8.24. The molecule has 0 radical (unpaired) electrons. The van der Waals surface area contributed by atoms with Crippen LogP contribution in [0, 0.1) is 6.92 Å². The molecule has 0 aromatic heterocycles. The van der Waals surface area contributed by atoms with Gasteiger partial charge in [-0.3, -0.25) is 9.69 Å². The summed E-state index contributed by atoms with van der Waals surface area (Å²) < 4.78 is 10.8. The number of hydrogen-bond acceptors (Lipinski definition) is 4. The zero-order valence-corrected chi connectivity index (χ0v) is 14.6. The van der Waals surface area contributed by atoms with Gasteiger partial charge in [0.1, 0.15) is 5.75 Å². The van der Waals surface area contributed by atoms with Crippen LogP contribution >= 0.6 is 0 Å². The molecule has 2 rings (SSSR count). The fourth-order valence-electron chi connectivity index (χ4n) is 2.83. The van der Waals surface area contributed by atoms with Gasteiger partial charge in [-0.2, -0.15) is 0 Å². The Morgan fingerprint density at radius 1 is 1.52 bits per heavy atom. The fraction of sp³-hybridized carbons (Fsp3) is 0.611. The van der Waals surface area contributed by atoms with Crippen LogP contribution in [0.15, 0.2) is 18.2 Å². The number of benzene rings is 1. The summed E-state index contributed by atoms with van der Waals surface area (Å²) in [5.74, 6) is 0.937. The van der Waals surface area contributed by atoms with Crippen LogP contribution in [-0.4, -0.2) is 50.3 Å². The van der Waals surface area contributed by atoms with Crippen LogP contribution in [-0.2, 0) is 16.1 Å². The largest absolute Gasteiger partial charge is 0.496 e. The van der Waals surface area contributed by atoms with E-state index in [1.165, 1.54) is 5.56 Å². The highest BCUT2D eigenvalue weighted by Gasteiger charge is 2.21. The fourth-order valence-corrected chi connectivity index (χ4v) is 2.83.